The van der Waals surface area contributed by atoms with Crippen LogP contribution in [0.1, 0.15) is 36.0 Å². The first-order valence-electron chi connectivity index (χ1n) is 8.40. The van der Waals surface area contributed by atoms with Gasteiger partial charge in [-0.3, -0.25) is 0 Å². The van der Waals surface area contributed by atoms with Crippen LogP contribution in [0.2, 0.25) is 0 Å². The van der Waals surface area contributed by atoms with E-state index in [0.29, 0.717) is 0 Å². The third-order valence-corrected chi connectivity index (χ3v) is 4.77. The minimum Gasteiger partial charge on any atom is -0.197 e. The van der Waals surface area contributed by atoms with E-state index in [1.165, 1.54) is 5.56 Å². The second-order valence-electron chi connectivity index (χ2n) is 6.02. The van der Waals surface area contributed by atoms with E-state index in [-0.39, 0.29) is 5.92 Å². The number of hydrogen-bond donors (Lipinski definition) is 0. The number of hydrogen-bond acceptors (Lipinski definition) is 1. The molecule has 0 spiro atoms. The Bertz CT molecular complexity index is 761. The summed E-state index contributed by atoms with van der Waals surface area (Å²) in [5.74, 6) is 0.0912. The second kappa shape index (κ2) is 7.15. The first-order chi connectivity index (χ1) is 11.8. The molecular formula is C23H21N. The van der Waals surface area contributed by atoms with E-state index in [4.69, 9.17) is 0 Å². The summed E-state index contributed by atoms with van der Waals surface area (Å²) in [6, 6.07) is 33.4. The molecule has 3 rings (SSSR count). The van der Waals surface area contributed by atoms with E-state index in [9.17, 15) is 5.26 Å². The van der Waals surface area contributed by atoms with E-state index >= 15 is 0 Å². The van der Waals surface area contributed by atoms with Crippen molar-refractivity contribution in [3.63, 3.8) is 0 Å². The largest absolute Gasteiger partial charge is 0.197 e. The first-order valence-corrected chi connectivity index (χ1v) is 8.40. The number of nitriles is 1. The maximum absolute atomic E-state index is 10.4. The Balaban J connectivity index is 2.28. The van der Waals surface area contributed by atoms with Crippen LogP contribution in [-0.4, -0.2) is 0 Å². The molecule has 0 saturated carbocycles. The molecule has 3 aromatic carbocycles. The van der Waals surface area contributed by atoms with Crippen LogP contribution in [-0.2, 0) is 5.41 Å². The van der Waals surface area contributed by atoms with Gasteiger partial charge in [-0.15, -0.1) is 0 Å². The van der Waals surface area contributed by atoms with Crippen molar-refractivity contribution in [2.24, 2.45) is 0 Å². The summed E-state index contributed by atoms with van der Waals surface area (Å²) >= 11 is 0. The maximum Gasteiger partial charge on any atom is 0.114 e. The van der Waals surface area contributed by atoms with Gasteiger partial charge in [0.15, 0.2) is 0 Å². The zero-order chi connectivity index (χ0) is 16.8. The van der Waals surface area contributed by atoms with Crippen molar-refractivity contribution in [2.45, 2.75) is 24.7 Å². The van der Waals surface area contributed by atoms with Gasteiger partial charge in [0.25, 0.3) is 0 Å². The lowest BCUT2D eigenvalue weighted by Crippen LogP contribution is -2.33. The van der Waals surface area contributed by atoms with Crippen molar-refractivity contribution in [1.82, 2.24) is 0 Å². The summed E-state index contributed by atoms with van der Waals surface area (Å²) in [5.41, 5.74) is 2.61. The fourth-order valence-electron chi connectivity index (χ4n) is 3.66. The average Bonchev–Trinajstić information content (AvgIpc) is 2.68. The predicted molar refractivity (Wildman–Crippen MR) is 98.8 cm³/mol. The molecule has 3 aromatic rings. The minimum absolute atomic E-state index is 0.0912. The van der Waals surface area contributed by atoms with Crippen LogP contribution < -0.4 is 0 Å². The third kappa shape index (κ3) is 2.72. The van der Waals surface area contributed by atoms with Gasteiger partial charge < -0.3 is 0 Å². The van der Waals surface area contributed by atoms with Crippen molar-refractivity contribution in [1.29, 1.82) is 5.26 Å². The average molecular weight is 311 g/mol. The maximum atomic E-state index is 10.4. The predicted octanol–water partition coefficient (Wildman–Crippen LogP) is 5.69. The van der Waals surface area contributed by atoms with E-state index < -0.39 is 5.41 Å². The minimum atomic E-state index is -0.696. The summed E-state index contributed by atoms with van der Waals surface area (Å²) < 4.78 is 0. The molecule has 0 amide bonds. The molecule has 0 fully saturated rings. The van der Waals surface area contributed by atoms with Crippen molar-refractivity contribution in [3.05, 3.63) is 108 Å². The van der Waals surface area contributed by atoms with Crippen LogP contribution in [0.5, 0.6) is 0 Å². The summed E-state index contributed by atoms with van der Waals surface area (Å²) in [7, 11) is 0. The van der Waals surface area contributed by atoms with Crippen LogP contribution in [0.3, 0.4) is 0 Å². The van der Waals surface area contributed by atoms with Gasteiger partial charge in [-0.2, -0.15) is 5.26 Å². The highest BCUT2D eigenvalue weighted by atomic mass is 14.5. The van der Waals surface area contributed by atoms with Crippen LogP contribution >= 0.6 is 0 Å². The Labute approximate surface area is 144 Å². The zero-order valence-corrected chi connectivity index (χ0v) is 13.9. The molecule has 1 heteroatoms. The van der Waals surface area contributed by atoms with Crippen LogP contribution in [0.4, 0.5) is 0 Å². The number of rotatable bonds is 5. The van der Waals surface area contributed by atoms with E-state index in [1.807, 2.05) is 42.5 Å². The normalized spacial score (nSPS) is 12.3. The van der Waals surface area contributed by atoms with Gasteiger partial charge in [0.1, 0.15) is 5.41 Å². The highest BCUT2D eigenvalue weighted by molar-refractivity contribution is 5.50. The molecule has 0 aromatic heterocycles. The molecule has 0 bridgehead atoms. The smallest absolute Gasteiger partial charge is 0.114 e. The lowest BCUT2D eigenvalue weighted by Gasteiger charge is -2.36. The van der Waals surface area contributed by atoms with E-state index in [0.717, 1.165) is 17.5 Å². The summed E-state index contributed by atoms with van der Waals surface area (Å²) in [6.45, 7) is 2.16. The van der Waals surface area contributed by atoms with Gasteiger partial charge in [-0.25, -0.2) is 0 Å². The number of benzene rings is 3. The van der Waals surface area contributed by atoms with Gasteiger partial charge in [0.2, 0.25) is 0 Å². The van der Waals surface area contributed by atoms with Crippen molar-refractivity contribution in [3.8, 4) is 6.07 Å². The Kier molecular flexibility index (Phi) is 4.77. The quantitative estimate of drug-likeness (QED) is 0.594. The molecule has 0 N–H and O–H groups in total. The zero-order valence-electron chi connectivity index (χ0n) is 13.9. The third-order valence-electron chi connectivity index (χ3n) is 4.77. The van der Waals surface area contributed by atoms with Gasteiger partial charge in [-0.05, 0) is 23.1 Å². The molecule has 0 radical (unpaired) electrons. The standard InChI is InChI=1S/C23H21N/c1-2-22(19-12-6-3-7-13-19)23(18-24,20-14-8-4-9-15-20)21-16-10-5-11-17-21/h3-17,22H,2H2,1H3/t22-/m0/s1. The molecule has 1 nitrogen and oxygen atoms in total. The van der Waals surface area contributed by atoms with Crippen molar-refractivity contribution >= 4 is 0 Å². The Morgan fingerprint density at radius 1 is 0.750 bits per heavy atom. The molecule has 0 unspecified atom stereocenters. The van der Waals surface area contributed by atoms with E-state index in [2.05, 4.69) is 61.5 Å². The molecular weight excluding hydrogens is 290 g/mol. The highest BCUT2D eigenvalue weighted by Gasteiger charge is 2.42. The lowest BCUT2D eigenvalue weighted by molar-refractivity contribution is 0.491. The van der Waals surface area contributed by atoms with Gasteiger partial charge in [0.05, 0.1) is 6.07 Å². The molecule has 1 atom stereocenters. The topological polar surface area (TPSA) is 23.8 Å². The van der Waals surface area contributed by atoms with E-state index in [1.54, 1.807) is 0 Å². The second-order valence-corrected chi connectivity index (χ2v) is 6.02. The SMILES string of the molecule is CC[C@@H](c1ccccc1)C(C#N)(c1ccccc1)c1ccccc1. The number of nitrogens with zero attached hydrogens (tertiary/aromatic N) is 1. The molecule has 118 valence electrons. The molecule has 0 aliphatic carbocycles. The molecule has 0 aliphatic heterocycles. The molecule has 0 aliphatic rings. The van der Waals surface area contributed by atoms with Crippen molar-refractivity contribution < 1.29 is 0 Å². The van der Waals surface area contributed by atoms with Crippen LogP contribution in [0.15, 0.2) is 91.0 Å². The molecule has 24 heavy (non-hydrogen) atoms. The summed E-state index contributed by atoms with van der Waals surface area (Å²) in [4.78, 5) is 0. The van der Waals surface area contributed by atoms with Crippen molar-refractivity contribution in [2.75, 3.05) is 0 Å². The molecule has 0 saturated heterocycles. The Morgan fingerprint density at radius 3 is 1.54 bits per heavy atom. The van der Waals surface area contributed by atoms with Crippen LogP contribution in [0.25, 0.3) is 0 Å². The van der Waals surface area contributed by atoms with Gasteiger partial charge >= 0.3 is 0 Å². The summed E-state index contributed by atoms with van der Waals surface area (Å²) in [6.07, 6.45) is 0.890. The van der Waals surface area contributed by atoms with Gasteiger partial charge in [-0.1, -0.05) is 97.9 Å². The summed E-state index contributed by atoms with van der Waals surface area (Å²) in [5, 5.41) is 10.4. The van der Waals surface area contributed by atoms with Crippen LogP contribution in [0, 0.1) is 11.3 Å². The Morgan fingerprint density at radius 2 is 1.17 bits per heavy atom. The lowest BCUT2D eigenvalue weighted by atomic mass is 9.63. The Hall–Kier alpha value is -2.85. The highest BCUT2D eigenvalue weighted by Crippen LogP contribution is 2.45. The van der Waals surface area contributed by atoms with Gasteiger partial charge in [0, 0.05) is 5.92 Å². The molecule has 0 heterocycles. The monoisotopic (exact) mass is 311 g/mol. The fraction of sp³-hybridized carbons (Fsp3) is 0.174. The fourth-order valence-corrected chi connectivity index (χ4v) is 3.66. The first kappa shape index (κ1) is 16.0.